The molecule has 5 nitrogen and oxygen atoms in total. The molecule has 1 heterocycles. The Morgan fingerprint density at radius 1 is 1.47 bits per heavy atom. The molecule has 0 amide bonds. The highest BCUT2D eigenvalue weighted by Gasteiger charge is 2.11. The largest absolute Gasteiger partial charge is 0.487 e. The zero-order valence-electron chi connectivity index (χ0n) is 9.21. The van der Waals surface area contributed by atoms with Crippen LogP contribution in [0.5, 0.6) is 5.75 Å². The number of aryl methyl sites for hydroxylation is 1. The normalized spacial score (nSPS) is 10.2. The monoisotopic (exact) mass is 233 g/mol. The fraction of sp³-hybridized carbons (Fsp3) is 0.167. The van der Waals surface area contributed by atoms with Crippen LogP contribution in [0, 0.1) is 6.92 Å². The highest BCUT2D eigenvalue weighted by molar-refractivity contribution is 5.84. The Bertz CT molecular complexity index is 533. The molecule has 0 aliphatic carbocycles. The van der Waals surface area contributed by atoms with E-state index >= 15 is 0 Å². The van der Waals surface area contributed by atoms with Crippen molar-refractivity contribution in [1.82, 2.24) is 5.16 Å². The van der Waals surface area contributed by atoms with Crippen LogP contribution >= 0.6 is 0 Å². The zero-order chi connectivity index (χ0) is 12.3. The molecule has 0 unspecified atom stereocenters. The SMILES string of the molecule is Cc1cccc(OCc2cc(C(=O)O)on2)c1. The lowest BCUT2D eigenvalue weighted by Gasteiger charge is -2.03. The predicted octanol–water partition coefficient (Wildman–Crippen LogP) is 2.26. The summed E-state index contributed by atoms with van der Waals surface area (Å²) in [4.78, 5) is 10.6. The van der Waals surface area contributed by atoms with E-state index in [1.807, 2.05) is 31.2 Å². The van der Waals surface area contributed by atoms with Crippen LogP contribution in [0.2, 0.25) is 0 Å². The number of carbonyl (C=O) groups is 1. The third-order valence-corrected chi connectivity index (χ3v) is 2.15. The number of carboxylic acid groups (broad SMARTS) is 1. The van der Waals surface area contributed by atoms with E-state index in [1.165, 1.54) is 6.07 Å². The second-order valence-electron chi connectivity index (χ2n) is 3.59. The van der Waals surface area contributed by atoms with Gasteiger partial charge in [0.1, 0.15) is 18.1 Å². The van der Waals surface area contributed by atoms with E-state index in [0.29, 0.717) is 11.4 Å². The number of rotatable bonds is 4. The molecule has 1 aromatic heterocycles. The van der Waals surface area contributed by atoms with E-state index in [2.05, 4.69) is 9.68 Å². The van der Waals surface area contributed by atoms with Gasteiger partial charge >= 0.3 is 5.97 Å². The molecule has 0 fully saturated rings. The van der Waals surface area contributed by atoms with Crippen LogP contribution in [-0.2, 0) is 6.61 Å². The van der Waals surface area contributed by atoms with Crippen molar-refractivity contribution in [3.05, 3.63) is 47.3 Å². The smallest absolute Gasteiger partial charge is 0.374 e. The summed E-state index contributed by atoms with van der Waals surface area (Å²) in [6.45, 7) is 2.14. The average molecular weight is 233 g/mol. The van der Waals surface area contributed by atoms with E-state index in [9.17, 15) is 4.79 Å². The van der Waals surface area contributed by atoms with Crippen molar-refractivity contribution in [2.24, 2.45) is 0 Å². The van der Waals surface area contributed by atoms with E-state index in [-0.39, 0.29) is 12.4 Å². The summed E-state index contributed by atoms with van der Waals surface area (Å²) in [7, 11) is 0. The first-order chi connectivity index (χ1) is 8.15. The van der Waals surface area contributed by atoms with Crippen LogP contribution < -0.4 is 4.74 Å². The predicted molar refractivity (Wildman–Crippen MR) is 59.0 cm³/mol. The van der Waals surface area contributed by atoms with Gasteiger partial charge in [-0.1, -0.05) is 17.3 Å². The molecule has 0 saturated heterocycles. The van der Waals surface area contributed by atoms with E-state index in [4.69, 9.17) is 9.84 Å². The quantitative estimate of drug-likeness (QED) is 0.876. The molecule has 5 heteroatoms. The summed E-state index contributed by atoms with van der Waals surface area (Å²) in [5.74, 6) is -0.614. The van der Waals surface area contributed by atoms with Gasteiger partial charge in [0.05, 0.1) is 0 Å². The molecule has 2 rings (SSSR count). The number of ether oxygens (including phenoxy) is 1. The number of nitrogens with zero attached hydrogens (tertiary/aromatic N) is 1. The Labute approximate surface area is 97.6 Å². The third kappa shape index (κ3) is 2.84. The van der Waals surface area contributed by atoms with Gasteiger partial charge in [0.2, 0.25) is 5.76 Å². The molecule has 2 aromatic rings. The first kappa shape index (κ1) is 11.2. The van der Waals surface area contributed by atoms with Gasteiger partial charge in [0.25, 0.3) is 0 Å². The van der Waals surface area contributed by atoms with Crippen LogP contribution in [0.25, 0.3) is 0 Å². The third-order valence-electron chi connectivity index (χ3n) is 2.15. The van der Waals surface area contributed by atoms with Gasteiger partial charge in [0, 0.05) is 6.07 Å². The molecular formula is C12H11NO4. The number of hydrogen-bond donors (Lipinski definition) is 1. The first-order valence-electron chi connectivity index (χ1n) is 5.03. The highest BCUT2D eigenvalue weighted by Crippen LogP contribution is 2.14. The zero-order valence-corrected chi connectivity index (χ0v) is 9.21. The lowest BCUT2D eigenvalue weighted by molar-refractivity contribution is 0.0651. The summed E-state index contributed by atoms with van der Waals surface area (Å²) in [5.41, 5.74) is 1.54. The minimum Gasteiger partial charge on any atom is -0.487 e. The second-order valence-corrected chi connectivity index (χ2v) is 3.59. The molecular weight excluding hydrogens is 222 g/mol. The van der Waals surface area contributed by atoms with Crippen molar-refractivity contribution >= 4 is 5.97 Å². The maximum absolute atomic E-state index is 10.6. The van der Waals surface area contributed by atoms with Crippen LogP contribution in [0.15, 0.2) is 34.9 Å². The van der Waals surface area contributed by atoms with E-state index in [0.717, 1.165) is 5.56 Å². The molecule has 0 spiro atoms. The maximum atomic E-state index is 10.6. The molecule has 0 bridgehead atoms. The fourth-order valence-corrected chi connectivity index (χ4v) is 1.34. The standard InChI is InChI=1S/C12H11NO4/c1-8-3-2-4-10(5-8)16-7-9-6-11(12(14)15)17-13-9/h2-6H,7H2,1H3,(H,14,15). The summed E-state index contributed by atoms with van der Waals surface area (Å²) in [6, 6.07) is 8.91. The van der Waals surface area contributed by atoms with Gasteiger partial charge in [0.15, 0.2) is 0 Å². The topological polar surface area (TPSA) is 72.6 Å². The van der Waals surface area contributed by atoms with E-state index in [1.54, 1.807) is 0 Å². The summed E-state index contributed by atoms with van der Waals surface area (Å²) in [5, 5.41) is 12.2. The van der Waals surface area contributed by atoms with Gasteiger partial charge in [-0.25, -0.2) is 4.79 Å². The number of hydrogen-bond acceptors (Lipinski definition) is 4. The lowest BCUT2D eigenvalue weighted by Crippen LogP contribution is -1.96. The van der Waals surface area contributed by atoms with Crippen molar-refractivity contribution in [1.29, 1.82) is 0 Å². The summed E-state index contributed by atoms with van der Waals surface area (Å²) in [6.07, 6.45) is 0. The van der Waals surface area contributed by atoms with Crippen molar-refractivity contribution in [3.63, 3.8) is 0 Å². The van der Waals surface area contributed by atoms with Gasteiger partial charge in [-0.2, -0.15) is 0 Å². The number of benzene rings is 1. The van der Waals surface area contributed by atoms with E-state index < -0.39 is 5.97 Å². The first-order valence-corrected chi connectivity index (χ1v) is 5.03. The summed E-state index contributed by atoms with van der Waals surface area (Å²) >= 11 is 0. The van der Waals surface area contributed by atoms with Crippen molar-refractivity contribution in [2.45, 2.75) is 13.5 Å². The van der Waals surface area contributed by atoms with Crippen molar-refractivity contribution in [2.75, 3.05) is 0 Å². The number of carboxylic acids is 1. The molecule has 1 aromatic carbocycles. The van der Waals surface area contributed by atoms with Crippen LogP contribution in [0.4, 0.5) is 0 Å². The molecule has 0 aliphatic rings. The van der Waals surface area contributed by atoms with Gasteiger partial charge in [-0.15, -0.1) is 0 Å². The second kappa shape index (κ2) is 4.69. The Morgan fingerprint density at radius 3 is 2.94 bits per heavy atom. The summed E-state index contributed by atoms with van der Waals surface area (Å²) < 4.78 is 10.1. The lowest BCUT2D eigenvalue weighted by atomic mass is 10.2. The minimum atomic E-state index is -1.14. The maximum Gasteiger partial charge on any atom is 0.374 e. The van der Waals surface area contributed by atoms with Gasteiger partial charge < -0.3 is 14.4 Å². The van der Waals surface area contributed by atoms with Crippen molar-refractivity contribution < 1.29 is 19.2 Å². The average Bonchev–Trinajstić information content (AvgIpc) is 2.75. The van der Waals surface area contributed by atoms with Crippen LogP contribution in [0.1, 0.15) is 21.8 Å². The van der Waals surface area contributed by atoms with Crippen LogP contribution in [0.3, 0.4) is 0 Å². The molecule has 88 valence electrons. The Kier molecular flexibility index (Phi) is 3.09. The Morgan fingerprint density at radius 2 is 2.29 bits per heavy atom. The molecule has 0 atom stereocenters. The highest BCUT2D eigenvalue weighted by atomic mass is 16.5. The molecule has 0 aliphatic heterocycles. The fourth-order valence-electron chi connectivity index (χ4n) is 1.34. The van der Waals surface area contributed by atoms with Gasteiger partial charge in [-0.3, -0.25) is 0 Å². The molecule has 0 radical (unpaired) electrons. The molecule has 17 heavy (non-hydrogen) atoms. The van der Waals surface area contributed by atoms with Crippen molar-refractivity contribution in [3.8, 4) is 5.75 Å². The Hall–Kier alpha value is -2.30. The Balaban J connectivity index is 2.00. The van der Waals surface area contributed by atoms with Gasteiger partial charge in [-0.05, 0) is 24.6 Å². The number of aromatic nitrogens is 1. The van der Waals surface area contributed by atoms with Crippen LogP contribution in [-0.4, -0.2) is 16.2 Å². The molecule has 0 saturated carbocycles. The number of aromatic carboxylic acids is 1. The molecule has 1 N–H and O–H groups in total. The minimum absolute atomic E-state index is 0.181.